The van der Waals surface area contributed by atoms with Crippen molar-refractivity contribution in [1.29, 1.82) is 0 Å². The number of aliphatic imine (C=N–C) groups is 2. The van der Waals surface area contributed by atoms with Crippen LogP contribution in [0.1, 0.15) is 38.9 Å². The summed E-state index contributed by atoms with van der Waals surface area (Å²) in [6, 6.07) is 77.5. The van der Waals surface area contributed by atoms with Crippen molar-refractivity contribution in [2.45, 2.75) is 21.8 Å². The monoisotopic (exact) mass is 836 g/mol. The van der Waals surface area contributed by atoms with Crippen molar-refractivity contribution >= 4 is 45.1 Å². The van der Waals surface area contributed by atoms with Crippen molar-refractivity contribution in [2.24, 2.45) is 15.7 Å². The average Bonchev–Trinajstić information content (AvgIpc) is 3.66. The van der Waals surface area contributed by atoms with Gasteiger partial charge in [-0.3, -0.25) is 4.99 Å². The first-order chi connectivity index (χ1) is 31.6. The van der Waals surface area contributed by atoms with E-state index in [1.807, 2.05) is 42.1 Å². The Balaban J connectivity index is 1.03. The van der Waals surface area contributed by atoms with Crippen LogP contribution in [0, 0.1) is 0 Å². The van der Waals surface area contributed by atoms with Crippen LogP contribution in [0.25, 0.3) is 55.2 Å². The summed E-state index contributed by atoms with van der Waals surface area (Å²) in [5, 5.41) is 3.43. The molecule has 0 fully saturated rings. The van der Waals surface area contributed by atoms with Crippen molar-refractivity contribution in [1.82, 2.24) is 4.98 Å². The third kappa shape index (κ3) is 6.11. The summed E-state index contributed by atoms with van der Waals surface area (Å²) in [5.41, 5.74) is 22.2. The van der Waals surface area contributed by atoms with Gasteiger partial charge in [0.05, 0.1) is 23.2 Å². The topological polar surface area (TPSA) is 63.6 Å². The highest BCUT2D eigenvalue weighted by atomic mass is 32.2. The Labute approximate surface area is 376 Å². The highest BCUT2D eigenvalue weighted by molar-refractivity contribution is 7.99. The van der Waals surface area contributed by atoms with Gasteiger partial charge in [0, 0.05) is 42.6 Å². The van der Waals surface area contributed by atoms with Gasteiger partial charge in [-0.05, 0) is 74.3 Å². The fourth-order valence-electron chi connectivity index (χ4n) is 9.98. The van der Waals surface area contributed by atoms with Crippen LogP contribution in [0.3, 0.4) is 0 Å². The standard InChI is InChI=1S/C59H40N4S/c60-57(63-58(61-37-38-17-3-1-4-18-38)43-24-15-21-40(35-43)39-19-5-2-6-20-39)42-23-16-22-41(36-42)55-47-33-34-51-56(54(47)46-27-9-13-31-52(46)62-55)64-53-32-14-12-30-50(53)59(51)48-28-10-7-25-44(48)45-26-8-11-29-49(45)59/h1-36H,37H2,(H2,60,61,63). The number of fused-ring (bicyclic) bond motifs is 13. The first-order valence-corrected chi connectivity index (χ1v) is 22.5. The molecule has 10 aromatic rings. The third-order valence-corrected chi connectivity index (χ3v) is 14.0. The van der Waals surface area contributed by atoms with Gasteiger partial charge in [-0.1, -0.05) is 206 Å². The zero-order valence-electron chi connectivity index (χ0n) is 34.8. The molecule has 2 aliphatic rings. The van der Waals surface area contributed by atoms with E-state index in [1.54, 1.807) is 0 Å². The lowest BCUT2D eigenvalue weighted by atomic mass is 9.67. The molecule has 1 aliphatic carbocycles. The highest BCUT2D eigenvalue weighted by Gasteiger charge is 2.50. The fraction of sp³-hybridized carbons (Fsp3) is 0.0339. The number of nitrogens with zero attached hydrogens (tertiary/aromatic N) is 3. The van der Waals surface area contributed by atoms with Gasteiger partial charge in [0.25, 0.3) is 0 Å². The molecule has 2 N–H and O–H groups in total. The summed E-state index contributed by atoms with van der Waals surface area (Å²) in [5.74, 6) is 0.959. The van der Waals surface area contributed by atoms with Crippen LogP contribution in [-0.4, -0.2) is 16.7 Å². The van der Waals surface area contributed by atoms with Crippen LogP contribution in [0.4, 0.5) is 0 Å². The van der Waals surface area contributed by atoms with Crippen LogP contribution in [0.2, 0.25) is 0 Å². The molecule has 0 radical (unpaired) electrons. The molecule has 64 heavy (non-hydrogen) atoms. The highest BCUT2D eigenvalue weighted by Crippen LogP contribution is 2.63. The maximum Gasteiger partial charge on any atom is 0.157 e. The summed E-state index contributed by atoms with van der Waals surface area (Å²) < 4.78 is 0. The lowest BCUT2D eigenvalue weighted by molar-refractivity contribution is 0.726. The largest absolute Gasteiger partial charge is 0.383 e. The second-order valence-corrected chi connectivity index (χ2v) is 17.5. The number of pyridine rings is 1. The van der Waals surface area contributed by atoms with Crippen molar-refractivity contribution < 1.29 is 0 Å². The van der Waals surface area contributed by atoms with Crippen molar-refractivity contribution in [3.63, 3.8) is 0 Å². The molecular weight excluding hydrogens is 797 g/mol. The molecule has 0 saturated carbocycles. The second-order valence-electron chi connectivity index (χ2n) is 16.4. The molecule has 1 aromatic heterocycles. The maximum absolute atomic E-state index is 7.03. The number of hydrogen-bond acceptors (Lipinski definition) is 3. The van der Waals surface area contributed by atoms with Gasteiger partial charge in [0.1, 0.15) is 5.84 Å². The molecule has 0 amide bonds. The quantitative estimate of drug-likeness (QED) is 0.103. The van der Waals surface area contributed by atoms with Crippen molar-refractivity contribution in [3.8, 4) is 33.5 Å². The Bertz CT molecular complexity index is 3470. The summed E-state index contributed by atoms with van der Waals surface area (Å²) >= 11 is 1.88. The molecular formula is C59H40N4S. The fourth-order valence-corrected chi connectivity index (χ4v) is 11.3. The Morgan fingerprint density at radius 3 is 1.89 bits per heavy atom. The molecule has 0 unspecified atom stereocenters. The molecule has 9 aromatic carbocycles. The minimum Gasteiger partial charge on any atom is -0.383 e. The molecule has 0 saturated heterocycles. The molecule has 302 valence electrons. The number of para-hydroxylation sites is 1. The minimum atomic E-state index is -0.478. The number of rotatable bonds is 6. The van der Waals surface area contributed by atoms with Gasteiger partial charge in [-0.25, -0.2) is 9.98 Å². The Kier molecular flexibility index (Phi) is 9.17. The second kappa shape index (κ2) is 15.5. The number of amidine groups is 2. The van der Waals surface area contributed by atoms with Crippen molar-refractivity contribution in [3.05, 3.63) is 257 Å². The van der Waals surface area contributed by atoms with Crippen LogP contribution in [-0.2, 0) is 12.0 Å². The van der Waals surface area contributed by atoms with Gasteiger partial charge < -0.3 is 5.73 Å². The van der Waals surface area contributed by atoms with E-state index in [0.717, 1.165) is 55.4 Å². The molecule has 12 rings (SSSR count). The van der Waals surface area contributed by atoms with Gasteiger partial charge in [0.2, 0.25) is 0 Å². The average molecular weight is 837 g/mol. The van der Waals surface area contributed by atoms with E-state index in [2.05, 4.69) is 188 Å². The third-order valence-electron chi connectivity index (χ3n) is 12.8. The summed E-state index contributed by atoms with van der Waals surface area (Å²) in [4.78, 5) is 18.1. The van der Waals surface area contributed by atoms with E-state index in [0.29, 0.717) is 18.2 Å². The van der Waals surface area contributed by atoms with Crippen LogP contribution in [0.5, 0.6) is 0 Å². The van der Waals surface area contributed by atoms with Gasteiger partial charge >= 0.3 is 0 Å². The normalized spacial score (nSPS) is 13.7. The van der Waals surface area contributed by atoms with Gasteiger partial charge in [-0.2, -0.15) is 0 Å². The van der Waals surface area contributed by atoms with E-state index in [1.165, 1.54) is 48.6 Å². The van der Waals surface area contributed by atoms with Gasteiger partial charge in [-0.15, -0.1) is 0 Å². The molecule has 1 spiro atoms. The lowest BCUT2D eigenvalue weighted by Gasteiger charge is -2.40. The predicted molar refractivity (Wildman–Crippen MR) is 265 cm³/mol. The molecule has 2 heterocycles. The molecule has 5 heteroatoms. The zero-order valence-corrected chi connectivity index (χ0v) is 35.6. The van der Waals surface area contributed by atoms with Crippen LogP contribution >= 0.6 is 11.8 Å². The first-order valence-electron chi connectivity index (χ1n) is 21.7. The first kappa shape index (κ1) is 37.9. The predicted octanol–water partition coefficient (Wildman–Crippen LogP) is 13.9. The molecule has 1 aliphatic heterocycles. The number of benzene rings is 9. The zero-order chi connectivity index (χ0) is 42.6. The summed E-state index contributed by atoms with van der Waals surface area (Å²) in [7, 11) is 0. The van der Waals surface area contributed by atoms with Gasteiger partial charge in [0.15, 0.2) is 5.84 Å². The van der Waals surface area contributed by atoms with Crippen LogP contribution < -0.4 is 5.73 Å². The molecule has 4 nitrogen and oxygen atoms in total. The van der Waals surface area contributed by atoms with E-state index >= 15 is 0 Å². The minimum absolute atomic E-state index is 0.383. The molecule has 0 bridgehead atoms. The Morgan fingerprint density at radius 2 is 1.11 bits per heavy atom. The van der Waals surface area contributed by atoms with E-state index < -0.39 is 5.41 Å². The van der Waals surface area contributed by atoms with E-state index in [4.69, 9.17) is 20.7 Å². The van der Waals surface area contributed by atoms with E-state index in [9.17, 15) is 0 Å². The lowest BCUT2D eigenvalue weighted by Crippen LogP contribution is -2.32. The maximum atomic E-state index is 7.03. The molecule has 0 atom stereocenters. The van der Waals surface area contributed by atoms with E-state index in [-0.39, 0.29) is 0 Å². The Hall–Kier alpha value is -7.86. The number of aromatic nitrogens is 1. The summed E-state index contributed by atoms with van der Waals surface area (Å²) in [6.07, 6.45) is 0. The number of nitrogens with two attached hydrogens (primary N) is 1. The van der Waals surface area contributed by atoms with Crippen molar-refractivity contribution in [2.75, 3.05) is 0 Å². The Morgan fingerprint density at radius 1 is 0.500 bits per heavy atom. The summed E-state index contributed by atoms with van der Waals surface area (Å²) in [6.45, 7) is 0.473. The smallest absolute Gasteiger partial charge is 0.157 e. The SMILES string of the molecule is NC(=NC(=NCc1ccccc1)c1cccc(-c2ccccc2)c1)c1cccc(-c2nc3ccccc3c3c4c(ccc23)C2(c3ccccc3S4)c3ccccc3-c3ccccc32)c1. The van der Waals surface area contributed by atoms with Crippen LogP contribution in [0.15, 0.2) is 238 Å². The number of hydrogen-bond donors (Lipinski definition) is 1.